The molecule has 12 aromatic rings. The first-order valence-corrected chi connectivity index (χ1v) is 31.0. The molecule has 93 heavy (non-hydrogen) atoms. The van der Waals surface area contributed by atoms with E-state index >= 15 is 0 Å². The van der Waals surface area contributed by atoms with Gasteiger partial charge in [0.15, 0.2) is 46.5 Å². The Kier molecular flexibility index (Phi) is 33.2. The Labute approximate surface area is 540 Å². The molecular weight excluding hydrogens is 1220 g/mol. The van der Waals surface area contributed by atoms with Crippen LogP contribution in [0.15, 0.2) is 110 Å². The summed E-state index contributed by atoms with van der Waals surface area (Å²) in [5, 5.41) is 3.01. The second kappa shape index (κ2) is 37.4. The summed E-state index contributed by atoms with van der Waals surface area (Å²) in [6, 6.07) is 18.7. The number of halogens is 13. The number of benzene rings is 6. The fraction of sp³-hybridized carbons (Fsp3) is 0.351. The quantitative estimate of drug-likeness (QED) is 0.107. The highest BCUT2D eigenvalue weighted by Crippen LogP contribution is 2.31. The Hall–Kier alpha value is -8.35. The zero-order valence-corrected chi connectivity index (χ0v) is 58.5. The largest absolute Gasteiger partial charge is 0.348 e. The first-order chi connectivity index (χ1) is 43.9. The highest BCUT2D eigenvalue weighted by molar-refractivity contribution is 5.85. The number of nitrogens with zero attached hydrogens (tertiary/aromatic N) is 6. The monoisotopic (exact) mass is 1310 g/mol. The van der Waals surface area contributed by atoms with Gasteiger partial charge in [0.25, 0.3) is 0 Å². The standard InChI is InChI=1S/C13H16FN.C10H8F3N.3C10H9F2N.C9H6F3N.6C2H6/c1-13(2,3)10-7-9-5-6-15(4)12(9)11(14)8-10;1-5-7(11)6-3-4-14(2)10(6)9(13)8(5)12;1-6-5-8(11)10-7(9(6)12)3-4-13(10)2;2*1-6-5-7-3-4-13(2)10(7)9(12)8(6)11;1-13-3-2-5-6(10)4-7(11)8(12)9(5)13;6*1-2/h5-8H,1-4H3;3-4H,1-2H3;3*3-5H,1-2H3;2-4H,1H3;6*1-2H3. The van der Waals surface area contributed by atoms with Crippen LogP contribution in [0.5, 0.6) is 0 Å². The van der Waals surface area contributed by atoms with Gasteiger partial charge in [0, 0.05) is 123 Å². The van der Waals surface area contributed by atoms with Crippen molar-refractivity contribution in [3.63, 3.8) is 0 Å². The van der Waals surface area contributed by atoms with E-state index in [-0.39, 0.29) is 50.2 Å². The summed E-state index contributed by atoms with van der Waals surface area (Å²) in [6.07, 6.45) is 9.95. The minimum atomic E-state index is -1.16. The van der Waals surface area contributed by atoms with Crippen LogP contribution in [-0.2, 0) is 47.7 Å². The molecule has 0 aliphatic carbocycles. The third-order valence-electron chi connectivity index (χ3n) is 13.8. The number of hydrogen-bond acceptors (Lipinski definition) is 0. The molecule has 19 heteroatoms. The van der Waals surface area contributed by atoms with Gasteiger partial charge in [0.1, 0.15) is 29.1 Å². The Morgan fingerprint density at radius 1 is 0.258 bits per heavy atom. The lowest BCUT2D eigenvalue weighted by molar-refractivity contribution is 0.494. The van der Waals surface area contributed by atoms with E-state index in [1.165, 1.54) is 53.7 Å². The number of rotatable bonds is 0. The van der Waals surface area contributed by atoms with Gasteiger partial charge >= 0.3 is 0 Å². The van der Waals surface area contributed by atoms with Crippen LogP contribution < -0.4 is 0 Å². The Morgan fingerprint density at radius 3 is 0.989 bits per heavy atom. The third kappa shape index (κ3) is 18.9. The fourth-order valence-corrected chi connectivity index (χ4v) is 9.31. The van der Waals surface area contributed by atoms with Gasteiger partial charge in [-0.05, 0) is 122 Å². The SMILES string of the molecule is CC.CC.CC.CC.CC.CC.Cc1c(F)c(F)c2c(ccn2C)c1F.Cc1cc(F)c2c(ccn2C)c1F.Cc1cc2ccn(C)c2c(F)c1F.Cc1cc2ccn(C)c2c(F)c1F.Cn1ccc2c(F)cc(F)c(F)c21.Cn1ccc2cc(C(C)(C)C)cc(F)c21. The van der Waals surface area contributed by atoms with E-state index in [0.29, 0.717) is 50.2 Å². The molecule has 510 valence electrons. The van der Waals surface area contributed by atoms with Gasteiger partial charge in [-0.3, -0.25) is 0 Å². The topological polar surface area (TPSA) is 29.6 Å². The van der Waals surface area contributed by atoms with E-state index in [0.717, 1.165) is 21.7 Å². The molecule has 6 aromatic heterocycles. The second-order valence-corrected chi connectivity index (χ2v) is 20.7. The minimum Gasteiger partial charge on any atom is -0.348 e. The zero-order chi connectivity index (χ0) is 72.0. The first-order valence-electron chi connectivity index (χ1n) is 31.0. The molecule has 0 aliphatic heterocycles. The van der Waals surface area contributed by atoms with E-state index in [1.807, 2.05) is 107 Å². The highest BCUT2D eigenvalue weighted by atomic mass is 19.2. The molecule has 6 aromatic carbocycles. The highest BCUT2D eigenvalue weighted by Gasteiger charge is 2.21. The molecule has 0 saturated carbocycles. The van der Waals surface area contributed by atoms with Crippen LogP contribution in [0.3, 0.4) is 0 Å². The van der Waals surface area contributed by atoms with Gasteiger partial charge in [0.2, 0.25) is 0 Å². The summed E-state index contributed by atoms with van der Waals surface area (Å²) in [6.45, 7) is 36.2. The molecule has 6 nitrogen and oxygen atoms in total. The van der Waals surface area contributed by atoms with Crippen molar-refractivity contribution in [3.8, 4) is 0 Å². The average molecular weight is 1310 g/mol. The van der Waals surface area contributed by atoms with Crippen molar-refractivity contribution in [1.82, 2.24) is 27.4 Å². The summed E-state index contributed by atoms with van der Waals surface area (Å²) >= 11 is 0. The van der Waals surface area contributed by atoms with Gasteiger partial charge in [0.05, 0.1) is 33.1 Å². The molecule has 6 heterocycles. The van der Waals surface area contributed by atoms with Crippen LogP contribution in [0.25, 0.3) is 65.4 Å². The average Bonchev–Trinajstić information content (AvgIpc) is 1.77. The molecule has 0 atom stereocenters. The maximum Gasteiger partial charge on any atom is 0.183 e. The lowest BCUT2D eigenvalue weighted by Gasteiger charge is -2.19. The predicted octanol–water partition coefficient (Wildman–Crippen LogP) is 23.6. The minimum absolute atomic E-state index is 0.00906. The van der Waals surface area contributed by atoms with E-state index < -0.39 is 58.2 Å². The van der Waals surface area contributed by atoms with Gasteiger partial charge in [-0.1, -0.05) is 104 Å². The maximum absolute atomic E-state index is 13.9. The number of fused-ring (bicyclic) bond motifs is 6. The van der Waals surface area contributed by atoms with E-state index in [1.54, 1.807) is 118 Å². The van der Waals surface area contributed by atoms with Gasteiger partial charge < -0.3 is 27.4 Å². The summed E-state index contributed by atoms with van der Waals surface area (Å²) in [4.78, 5) is 0. The zero-order valence-electron chi connectivity index (χ0n) is 58.5. The molecule has 0 N–H and O–H groups in total. The van der Waals surface area contributed by atoms with Gasteiger partial charge in [-0.25, -0.2) is 57.1 Å². The molecule has 0 saturated heterocycles. The molecular formula is C74H93F13N6. The molecule has 0 aliphatic rings. The molecule has 0 spiro atoms. The Balaban J connectivity index is 0.000000540. The summed E-state index contributed by atoms with van der Waals surface area (Å²) < 4.78 is 182. The van der Waals surface area contributed by atoms with Crippen molar-refractivity contribution in [1.29, 1.82) is 0 Å². The third-order valence-corrected chi connectivity index (χ3v) is 13.8. The summed E-state index contributed by atoms with van der Waals surface area (Å²) in [5.74, 6) is -9.59. The van der Waals surface area contributed by atoms with Crippen LogP contribution in [0.2, 0.25) is 0 Å². The van der Waals surface area contributed by atoms with Crippen LogP contribution in [0.4, 0.5) is 57.1 Å². The van der Waals surface area contributed by atoms with Crippen molar-refractivity contribution in [2.75, 3.05) is 0 Å². The smallest absolute Gasteiger partial charge is 0.183 e. The van der Waals surface area contributed by atoms with Gasteiger partial charge in [-0.15, -0.1) is 0 Å². The predicted molar refractivity (Wildman–Crippen MR) is 363 cm³/mol. The summed E-state index contributed by atoms with van der Waals surface area (Å²) in [5.41, 5.74) is 3.36. The van der Waals surface area contributed by atoms with Gasteiger partial charge in [-0.2, -0.15) is 0 Å². The molecule has 0 radical (unpaired) electrons. The first kappa shape index (κ1) is 82.7. The molecule has 0 bridgehead atoms. The van der Waals surface area contributed by atoms with Crippen LogP contribution >= 0.6 is 0 Å². The Morgan fingerprint density at radius 2 is 0.570 bits per heavy atom. The molecule has 0 unspecified atom stereocenters. The van der Waals surface area contributed by atoms with E-state index in [2.05, 4.69) is 26.8 Å². The van der Waals surface area contributed by atoms with Crippen LogP contribution in [-0.4, -0.2) is 27.4 Å². The number of aryl methyl sites for hydroxylation is 9. The fourth-order valence-electron chi connectivity index (χ4n) is 9.31. The van der Waals surface area contributed by atoms with Crippen molar-refractivity contribution in [2.24, 2.45) is 42.3 Å². The van der Waals surface area contributed by atoms with Crippen molar-refractivity contribution < 1.29 is 57.1 Å². The molecule has 0 amide bonds. The molecule has 0 fully saturated rings. The number of hydrogen-bond donors (Lipinski definition) is 0. The van der Waals surface area contributed by atoms with Crippen molar-refractivity contribution >= 4 is 65.4 Å². The Bertz CT molecular complexity index is 4240. The summed E-state index contributed by atoms with van der Waals surface area (Å²) in [7, 11) is 10.0. The number of aromatic nitrogens is 6. The van der Waals surface area contributed by atoms with Crippen LogP contribution in [0.1, 0.15) is 132 Å². The maximum atomic E-state index is 13.9. The van der Waals surface area contributed by atoms with Crippen LogP contribution in [0, 0.1) is 103 Å². The normalized spacial score (nSPS) is 10.3. The van der Waals surface area contributed by atoms with E-state index in [9.17, 15) is 57.1 Å². The lowest BCUT2D eigenvalue weighted by Crippen LogP contribution is -2.11. The van der Waals surface area contributed by atoms with E-state index in [4.69, 9.17) is 0 Å². The van der Waals surface area contributed by atoms with Crippen molar-refractivity contribution in [3.05, 3.63) is 213 Å². The second-order valence-electron chi connectivity index (χ2n) is 20.7. The molecule has 12 rings (SSSR count). The van der Waals surface area contributed by atoms with Crippen molar-refractivity contribution in [2.45, 2.75) is 137 Å². The lowest BCUT2D eigenvalue weighted by atomic mass is 9.86.